The van der Waals surface area contributed by atoms with E-state index in [1.807, 2.05) is 30.3 Å². The molecule has 0 radical (unpaired) electrons. The number of likely N-dealkylation sites (tertiary alicyclic amines) is 1. The fourth-order valence-electron chi connectivity index (χ4n) is 3.86. The number of benzene rings is 2. The van der Waals surface area contributed by atoms with Crippen LogP contribution >= 0.6 is 0 Å². The van der Waals surface area contributed by atoms with Crippen molar-refractivity contribution in [2.24, 2.45) is 5.92 Å². The van der Waals surface area contributed by atoms with Gasteiger partial charge in [0.05, 0.1) is 12.3 Å². The second-order valence-electron chi connectivity index (χ2n) is 8.12. The van der Waals surface area contributed by atoms with E-state index in [1.165, 1.54) is 12.1 Å². The zero-order valence-corrected chi connectivity index (χ0v) is 18.2. The number of nitrogens with one attached hydrogen (secondary N) is 1. The van der Waals surface area contributed by atoms with E-state index in [1.54, 1.807) is 35.4 Å². The first kappa shape index (κ1) is 22.5. The maximum Gasteiger partial charge on any atom is 0.227 e. The summed E-state index contributed by atoms with van der Waals surface area (Å²) < 4.78 is 18.8. The number of aromatic nitrogens is 1. The Morgan fingerprint density at radius 1 is 1.06 bits per heavy atom. The van der Waals surface area contributed by atoms with Crippen LogP contribution in [0.4, 0.5) is 4.39 Å². The molecule has 6 nitrogen and oxygen atoms in total. The van der Waals surface area contributed by atoms with E-state index in [4.69, 9.17) is 4.74 Å². The normalized spacial score (nSPS) is 15.7. The molecule has 1 saturated heterocycles. The van der Waals surface area contributed by atoms with Gasteiger partial charge in [-0.05, 0) is 36.1 Å². The van der Waals surface area contributed by atoms with E-state index in [0.717, 1.165) is 24.0 Å². The third-order valence-electron chi connectivity index (χ3n) is 5.63. The molecule has 33 heavy (non-hydrogen) atoms. The molecule has 2 aromatic carbocycles. The lowest BCUT2D eigenvalue weighted by Gasteiger charge is -2.32. The van der Waals surface area contributed by atoms with Gasteiger partial charge in [-0.1, -0.05) is 42.5 Å². The highest BCUT2D eigenvalue weighted by molar-refractivity contribution is 5.82. The summed E-state index contributed by atoms with van der Waals surface area (Å²) in [5.41, 5.74) is 1.80. The number of hydrogen-bond acceptors (Lipinski definition) is 4. The number of carbonyl (C=O) groups is 2. The minimum atomic E-state index is -0.380. The predicted molar refractivity (Wildman–Crippen MR) is 122 cm³/mol. The Hall–Kier alpha value is -3.74. The van der Waals surface area contributed by atoms with Crippen LogP contribution in [0.25, 0.3) is 0 Å². The first-order valence-electron chi connectivity index (χ1n) is 11.0. The minimum absolute atomic E-state index is 0.0526. The Balaban J connectivity index is 1.26. The smallest absolute Gasteiger partial charge is 0.227 e. The molecule has 7 heteroatoms. The van der Waals surface area contributed by atoms with Gasteiger partial charge >= 0.3 is 0 Å². The van der Waals surface area contributed by atoms with Crippen LogP contribution in [0.2, 0.25) is 0 Å². The van der Waals surface area contributed by atoms with Crippen molar-refractivity contribution < 1.29 is 18.7 Å². The molecule has 0 spiro atoms. The van der Waals surface area contributed by atoms with E-state index in [-0.39, 0.29) is 23.5 Å². The van der Waals surface area contributed by atoms with Crippen molar-refractivity contribution in [1.29, 1.82) is 0 Å². The minimum Gasteiger partial charge on any atom is -0.439 e. The molecule has 170 valence electrons. The van der Waals surface area contributed by atoms with Crippen molar-refractivity contribution in [2.45, 2.75) is 25.8 Å². The van der Waals surface area contributed by atoms with Gasteiger partial charge in [-0.2, -0.15) is 0 Å². The number of pyridine rings is 1. The highest BCUT2D eigenvalue weighted by atomic mass is 19.1. The molecule has 3 aromatic rings. The molecule has 2 amide bonds. The Morgan fingerprint density at radius 3 is 2.67 bits per heavy atom. The summed E-state index contributed by atoms with van der Waals surface area (Å²) in [5.74, 6) is 0.101. The SMILES string of the molecule is O=C(NCc1ccc(Oc2cccc(F)c2)nc1)C1CCCN(C(=O)Cc2ccccc2)C1. The Bertz CT molecular complexity index is 1090. The summed E-state index contributed by atoms with van der Waals surface area (Å²) in [6.45, 7) is 1.46. The van der Waals surface area contributed by atoms with Gasteiger partial charge in [0.2, 0.25) is 17.7 Å². The highest BCUT2D eigenvalue weighted by Gasteiger charge is 2.28. The molecule has 2 heterocycles. The third kappa shape index (κ3) is 6.38. The monoisotopic (exact) mass is 447 g/mol. The van der Waals surface area contributed by atoms with E-state index in [2.05, 4.69) is 10.3 Å². The van der Waals surface area contributed by atoms with Crippen molar-refractivity contribution in [2.75, 3.05) is 13.1 Å². The number of nitrogens with zero attached hydrogens (tertiary/aromatic N) is 2. The van der Waals surface area contributed by atoms with Gasteiger partial charge in [-0.25, -0.2) is 9.37 Å². The molecule has 0 saturated carbocycles. The van der Waals surface area contributed by atoms with Crippen molar-refractivity contribution >= 4 is 11.8 Å². The summed E-state index contributed by atoms with van der Waals surface area (Å²) in [6, 6.07) is 19.0. The number of amides is 2. The average molecular weight is 448 g/mol. The van der Waals surface area contributed by atoms with Crippen molar-refractivity contribution in [3.8, 4) is 11.6 Å². The van der Waals surface area contributed by atoms with Crippen LogP contribution < -0.4 is 10.1 Å². The van der Waals surface area contributed by atoms with Gasteiger partial charge in [0.15, 0.2) is 0 Å². The number of rotatable bonds is 7. The number of ether oxygens (including phenoxy) is 1. The third-order valence-corrected chi connectivity index (χ3v) is 5.63. The van der Waals surface area contributed by atoms with E-state index >= 15 is 0 Å². The molecule has 1 fully saturated rings. The Labute approximate surface area is 192 Å². The van der Waals surface area contributed by atoms with Crippen molar-refractivity contribution in [3.05, 3.63) is 89.9 Å². The highest BCUT2D eigenvalue weighted by Crippen LogP contribution is 2.21. The molecule has 4 rings (SSSR count). The fourth-order valence-corrected chi connectivity index (χ4v) is 3.86. The van der Waals surface area contributed by atoms with Gasteiger partial charge in [-0.15, -0.1) is 0 Å². The molecule has 1 aliphatic heterocycles. The fraction of sp³-hybridized carbons (Fsp3) is 0.269. The first-order chi connectivity index (χ1) is 16.1. The molecule has 1 aromatic heterocycles. The van der Waals surface area contributed by atoms with Crippen molar-refractivity contribution in [3.63, 3.8) is 0 Å². The van der Waals surface area contributed by atoms with Crippen LogP contribution in [0.5, 0.6) is 11.6 Å². The van der Waals surface area contributed by atoms with Gasteiger partial charge < -0.3 is 15.0 Å². The lowest BCUT2D eigenvalue weighted by molar-refractivity contribution is -0.135. The van der Waals surface area contributed by atoms with Crippen LogP contribution in [0.3, 0.4) is 0 Å². The lowest BCUT2D eigenvalue weighted by atomic mass is 9.96. The largest absolute Gasteiger partial charge is 0.439 e. The topological polar surface area (TPSA) is 71.5 Å². The van der Waals surface area contributed by atoms with Crippen LogP contribution in [-0.2, 0) is 22.6 Å². The zero-order chi connectivity index (χ0) is 23.0. The molecule has 1 N–H and O–H groups in total. The number of carbonyl (C=O) groups excluding carboxylic acids is 2. The second kappa shape index (κ2) is 10.7. The van der Waals surface area contributed by atoms with E-state index < -0.39 is 0 Å². The van der Waals surface area contributed by atoms with E-state index in [9.17, 15) is 14.0 Å². The summed E-state index contributed by atoms with van der Waals surface area (Å²) in [5, 5.41) is 2.95. The molecular formula is C26H26FN3O3. The van der Waals surface area contributed by atoms with Gasteiger partial charge in [0.1, 0.15) is 11.6 Å². The van der Waals surface area contributed by atoms with Gasteiger partial charge in [-0.3, -0.25) is 9.59 Å². The number of piperidine rings is 1. The second-order valence-corrected chi connectivity index (χ2v) is 8.12. The molecule has 1 atom stereocenters. The summed E-state index contributed by atoms with van der Waals surface area (Å²) in [4.78, 5) is 31.4. The van der Waals surface area contributed by atoms with Gasteiger partial charge in [0, 0.05) is 38.0 Å². The van der Waals surface area contributed by atoms with Crippen molar-refractivity contribution in [1.82, 2.24) is 15.2 Å². The molecule has 0 aliphatic carbocycles. The molecular weight excluding hydrogens is 421 g/mol. The maximum atomic E-state index is 13.3. The van der Waals surface area contributed by atoms with Crippen LogP contribution in [0, 0.1) is 11.7 Å². The first-order valence-corrected chi connectivity index (χ1v) is 11.0. The summed E-state index contributed by atoms with van der Waals surface area (Å²) in [7, 11) is 0. The van der Waals surface area contributed by atoms with Crippen LogP contribution in [-0.4, -0.2) is 34.8 Å². The standard InChI is InChI=1S/C26H26FN3O3/c27-22-9-4-10-23(15-22)33-24-12-11-20(16-28-24)17-29-26(32)21-8-5-13-30(18-21)25(31)14-19-6-2-1-3-7-19/h1-4,6-7,9-12,15-16,21H,5,8,13-14,17-18H2,(H,29,32). The average Bonchev–Trinajstić information content (AvgIpc) is 2.84. The quantitative estimate of drug-likeness (QED) is 0.592. The molecule has 0 bridgehead atoms. The van der Waals surface area contributed by atoms with Crippen LogP contribution in [0.1, 0.15) is 24.0 Å². The summed E-state index contributed by atoms with van der Waals surface area (Å²) >= 11 is 0. The summed E-state index contributed by atoms with van der Waals surface area (Å²) in [6.07, 6.45) is 3.54. The molecule has 1 unspecified atom stereocenters. The Morgan fingerprint density at radius 2 is 1.91 bits per heavy atom. The van der Waals surface area contributed by atoms with Crippen LogP contribution in [0.15, 0.2) is 72.9 Å². The number of hydrogen-bond donors (Lipinski definition) is 1. The number of halogens is 1. The predicted octanol–water partition coefficient (Wildman–Crippen LogP) is 4.11. The van der Waals surface area contributed by atoms with Gasteiger partial charge in [0.25, 0.3) is 0 Å². The Kier molecular flexibility index (Phi) is 7.29. The molecule has 1 aliphatic rings. The maximum absolute atomic E-state index is 13.3. The van der Waals surface area contributed by atoms with E-state index in [0.29, 0.717) is 37.7 Å². The lowest BCUT2D eigenvalue weighted by Crippen LogP contribution is -2.45. The zero-order valence-electron chi connectivity index (χ0n) is 18.2.